The summed E-state index contributed by atoms with van der Waals surface area (Å²) in [7, 11) is 2.45. The summed E-state index contributed by atoms with van der Waals surface area (Å²) in [4.78, 5) is 42.9. The highest BCUT2D eigenvalue weighted by molar-refractivity contribution is 5.92. The number of nitrogens with one attached hydrogen (secondary N) is 1. The van der Waals surface area contributed by atoms with Crippen molar-refractivity contribution in [3.05, 3.63) is 65.0 Å². The van der Waals surface area contributed by atoms with Crippen molar-refractivity contribution >= 4 is 23.5 Å². The van der Waals surface area contributed by atoms with Crippen molar-refractivity contribution in [2.75, 3.05) is 32.1 Å². The number of hydrogen-bond donors (Lipinski definition) is 1. The van der Waals surface area contributed by atoms with Crippen molar-refractivity contribution in [1.82, 2.24) is 15.1 Å². The molecule has 1 saturated heterocycles. The van der Waals surface area contributed by atoms with E-state index < -0.39 is 53.0 Å². The topological polar surface area (TPSA) is 73.0 Å². The number of likely N-dealkylation sites (N-methyl/N-ethyl adjacent to an activating group) is 1. The van der Waals surface area contributed by atoms with E-state index in [1.807, 2.05) is 0 Å². The molecule has 1 heterocycles. The van der Waals surface area contributed by atoms with E-state index in [4.69, 9.17) is 0 Å². The lowest BCUT2D eigenvalue weighted by atomic mass is 9.85. The predicted molar refractivity (Wildman–Crippen MR) is 156 cm³/mol. The van der Waals surface area contributed by atoms with Gasteiger partial charge in [-0.3, -0.25) is 14.5 Å². The zero-order valence-electron chi connectivity index (χ0n) is 25.9. The van der Waals surface area contributed by atoms with E-state index in [9.17, 15) is 45.1 Å². The molecule has 0 spiro atoms. The lowest BCUT2D eigenvalue weighted by molar-refractivity contribution is -0.143. The second-order valence-corrected chi connectivity index (χ2v) is 12.4. The average molecular weight is 659 g/mol. The molecule has 4 rings (SSSR count). The maximum absolute atomic E-state index is 13.8. The highest BCUT2D eigenvalue weighted by Gasteiger charge is 2.43. The summed E-state index contributed by atoms with van der Waals surface area (Å²) in [6, 6.07) is 4.80. The van der Waals surface area contributed by atoms with Crippen molar-refractivity contribution in [3.63, 3.8) is 0 Å². The molecule has 0 aromatic heterocycles. The van der Waals surface area contributed by atoms with Crippen LogP contribution in [0.4, 0.5) is 41.2 Å². The van der Waals surface area contributed by atoms with Crippen molar-refractivity contribution in [3.8, 4) is 0 Å². The Morgan fingerprint density at radius 1 is 0.848 bits per heavy atom. The number of amides is 4. The van der Waals surface area contributed by atoms with Gasteiger partial charge in [-0.1, -0.05) is 26.0 Å². The van der Waals surface area contributed by atoms with Crippen molar-refractivity contribution in [2.45, 2.75) is 69.9 Å². The van der Waals surface area contributed by atoms with Crippen LogP contribution in [0.25, 0.3) is 0 Å². The minimum atomic E-state index is -5.09. The van der Waals surface area contributed by atoms with E-state index in [-0.39, 0.29) is 48.8 Å². The summed E-state index contributed by atoms with van der Waals surface area (Å²) in [5.41, 5.74) is -3.10. The number of anilines is 1. The van der Waals surface area contributed by atoms with E-state index in [1.54, 1.807) is 18.7 Å². The fourth-order valence-electron chi connectivity index (χ4n) is 6.13. The molecule has 1 N–H and O–H groups in total. The van der Waals surface area contributed by atoms with Crippen LogP contribution < -0.4 is 10.2 Å². The molecule has 14 heteroatoms. The van der Waals surface area contributed by atoms with Crippen molar-refractivity contribution in [1.29, 1.82) is 0 Å². The second-order valence-electron chi connectivity index (χ2n) is 12.4. The molecule has 252 valence electrons. The fraction of sp³-hybridized carbons (Fsp3) is 0.531. The molecule has 2 aromatic carbocycles. The molecule has 1 saturated carbocycles. The Kier molecular flexibility index (Phi) is 10.3. The van der Waals surface area contributed by atoms with Crippen LogP contribution in [0, 0.1) is 17.7 Å². The summed E-state index contributed by atoms with van der Waals surface area (Å²) in [6.07, 6.45) is -7.87. The van der Waals surface area contributed by atoms with Crippen LogP contribution >= 0.6 is 0 Å². The normalized spacial score (nSPS) is 22.1. The van der Waals surface area contributed by atoms with E-state index in [2.05, 4.69) is 5.32 Å². The van der Waals surface area contributed by atoms with E-state index in [0.717, 1.165) is 7.05 Å². The van der Waals surface area contributed by atoms with Gasteiger partial charge in [0.25, 0.3) is 0 Å². The third kappa shape index (κ3) is 7.92. The maximum Gasteiger partial charge on any atom is 0.416 e. The van der Waals surface area contributed by atoms with Crippen molar-refractivity contribution in [2.24, 2.45) is 11.8 Å². The molecule has 4 amide bonds. The van der Waals surface area contributed by atoms with Crippen LogP contribution in [0.2, 0.25) is 0 Å². The van der Waals surface area contributed by atoms with Crippen LogP contribution in [-0.2, 0) is 21.9 Å². The Morgan fingerprint density at radius 3 is 1.89 bits per heavy atom. The molecule has 2 aliphatic rings. The number of rotatable bonds is 6. The molecule has 0 radical (unpaired) electrons. The quantitative estimate of drug-likeness (QED) is 0.353. The largest absolute Gasteiger partial charge is 0.416 e. The highest BCUT2D eigenvalue weighted by atomic mass is 19.4. The minimum absolute atomic E-state index is 0.0116. The van der Waals surface area contributed by atoms with Gasteiger partial charge in [0.1, 0.15) is 5.82 Å². The first-order valence-electron chi connectivity index (χ1n) is 15.0. The third-order valence-corrected chi connectivity index (χ3v) is 8.89. The van der Waals surface area contributed by atoms with Gasteiger partial charge in [-0.25, -0.2) is 9.18 Å². The number of carbonyl (C=O) groups excluding carboxylic acids is 3. The Morgan fingerprint density at radius 2 is 1.39 bits per heavy atom. The Labute approximate surface area is 262 Å². The Balaban J connectivity index is 1.56. The first-order chi connectivity index (χ1) is 21.4. The highest BCUT2D eigenvalue weighted by Crippen LogP contribution is 2.39. The van der Waals surface area contributed by atoms with Crippen molar-refractivity contribution < 1.29 is 45.1 Å². The lowest BCUT2D eigenvalue weighted by Gasteiger charge is -2.33. The Bertz CT molecular complexity index is 1390. The summed E-state index contributed by atoms with van der Waals surface area (Å²) < 4.78 is 94.7. The first-order valence-corrected chi connectivity index (χ1v) is 15.0. The standard InChI is InChI=1S/C32H37F7N4O3/c1-18(2)28(44)40-24-11-7-20(8-12-24)29(45)43-16-26(19-5-9-23(33)10-6-19)27(17-43)42(4)30(46)41(3)25-14-21(31(34,35)36)13-22(15-25)32(37,38)39/h5-6,9-10,13-15,18,20,24,26-27H,7-8,11-12,16-17H2,1-4H3,(H,40,44)/t20-,24-,26-,27+/m0/s1. The van der Waals surface area contributed by atoms with Crippen LogP contribution in [0.1, 0.15) is 62.1 Å². The molecule has 2 aromatic rings. The van der Waals surface area contributed by atoms with Crippen LogP contribution in [-0.4, -0.2) is 66.9 Å². The van der Waals surface area contributed by atoms with Gasteiger partial charge in [0.05, 0.1) is 17.2 Å². The van der Waals surface area contributed by atoms with E-state index in [1.165, 1.54) is 36.2 Å². The molecule has 2 atom stereocenters. The predicted octanol–water partition coefficient (Wildman–Crippen LogP) is 6.68. The molecule has 46 heavy (non-hydrogen) atoms. The number of likely N-dealkylation sites (tertiary alicyclic amines) is 1. The number of halogens is 7. The smallest absolute Gasteiger partial charge is 0.353 e. The van der Waals surface area contributed by atoms with Gasteiger partial charge in [0.2, 0.25) is 11.8 Å². The first kappa shape index (κ1) is 35.0. The SMILES string of the molecule is CC(C)C(=O)N[C@H]1CC[C@H](C(=O)N2C[C@@H](N(C)C(=O)N(C)c3cc(C(F)(F)F)cc(C(F)(F)F)c3)[C@H](c3ccc(F)cc3)C2)CC1. The zero-order valence-corrected chi connectivity index (χ0v) is 25.9. The third-order valence-electron chi connectivity index (χ3n) is 8.89. The molecule has 0 bridgehead atoms. The van der Waals surface area contributed by atoms with Gasteiger partial charge in [0, 0.05) is 56.7 Å². The molecular formula is C32H37F7N4O3. The van der Waals surface area contributed by atoms with Gasteiger partial charge in [-0.2, -0.15) is 26.3 Å². The zero-order chi connectivity index (χ0) is 34.1. The second kappa shape index (κ2) is 13.5. The van der Waals surface area contributed by atoms with E-state index >= 15 is 0 Å². The monoisotopic (exact) mass is 658 g/mol. The fourth-order valence-corrected chi connectivity index (χ4v) is 6.13. The van der Waals surface area contributed by atoms with Crippen LogP contribution in [0.15, 0.2) is 42.5 Å². The van der Waals surface area contributed by atoms with Gasteiger partial charge in [0.15, 0.2) is 0 Å². The van der Waals surface area contributed by atoms with Gasteiger partial charge < -0.3 is 15.1 Å². The minimum Gasteiger partial charge on any atom is -0.353 e. The summed E-state index contributed by atoms with van der Waals surface area (Å²) >= 11 is 0. The lowest BCUT2D eigenvalue weighted by Crippen LogP contribution is -2.48. The summed E-state index contributed by atoms with van der Waals surface area (Å²) in [5, 5.41) is 2.99. The molecule has 1 aliphatic heterocycles. The Hall–Kier alpha value is -3.84. The number of urea groups is 1. The molecule has 0 unspecified atom stereocenters. The maximum atomic E-state index is 13.8. The molecule has 7 nitrogen and oxygen atoms in total. The number of nitrogens with zero attached hydrogens (tertiary/aromatic N) is 3. The molecular weight excluding hydrogens is 621 g/mol. The van der Waals surface area contributed by atoms with Crippen LogP contribution in [0.5, 0.6) is 0 Å². The number of carbonyl (C=O) groups is 3. The average Bonchev–Trinajstić information content (AvgIpc) is 3.44. The number of alkyl halides is 6. The van der Waals surface area contributed by atoms with E-state index in [0.29, 0.717) is 48.3 Å². The van der Waals surface area contributed by atoms with Crippen LogP contribution in [0.3, 0.4) is 0 Å². The summed E-state index contributed by atoms with van der Waals surface area (Å²) in [5.74, 6) is -1.71. The number of benzene rings is 2. The molecule has 2 fully saturated rings. The molecule has 1 aliphatic carbocycles. The number of hydrogen-bond acceptors (Lipinski definition) is 3. The summed E-state index contributed by atoms with van der Waals surface area (Å²) in [6.45, 7) is 3.81. The van der Waals surface area contributed by atoms with Gasteiger partial charge in [-0.15, -0.1) is 0 Å². The van der Waals surface area contributed by atoms with Gasteiger partial charge >= 0.3 is 18.4 Å². The van der Waals surface area contributed by atoms with Gasteiger partial charge in [-0.05, 0) is 61.6 Å².